The van der Waals surface area contributed by atoms with Gasteiger partial charge in [0, 0.05) is 29.2 Å². The zero-order valence-corrected chi connectivity index (χ0v) is 15.9. The SMILES string of the molecule is O=Cc1c(O)cn(-c2ccc(NC(=O)c3cccc([N+]4=NN=NC4=S)c3)cc2)c1O. The first-order valence-electron chi connectivity index (χ1n) is 8.54. The van der Waals surface area contributed by atoms with Gasteiger partial charge in [0.2, 0.25) is 11.1 Å². The highest BCUT2D eigenvalue weighted by molar-refractivity contribution is 7.79. The number of hydrogen-bond donors (Lipinski definition) is 3. The topological polar surface area (TPSA) is 132 Å². The number of aromatic hydroxyl groups is 2. The van der Waals surface area contributed by atoms with Crippen LogP contribution >= 0.6 is 12.2 Å². The van der Waals surface area contributed by atoms with E-state index in [0.717, 1.165) is 0 Å². The molecule has 1 amide bonds. The van der Waals surface area contributed by atoms with E-state index < -0.39 is 0 Å². The maximum Gasteiger partial charge on any atom is 0.399 e. The number of amides is 1. The number of hydrogen-bond acceptors (Lipinski definition) is 7. The number of benzene rings is 2. The molecule has 0 aliphatic carbocycles. The molecule has 1 aliphatic heterocycles. The van der Waals surface area contributed by atoms with Crippen LogP contribution < -0.4 is 5.32 Å². The zero-order chi connectivity index (χ0) is 21.3. The van der Waals surface area contributed by atoms with Gasteiger partial charge in [0.15, 0.2) is 6.29 Å². The Morgan fingerprint density at radius 2 is 1.93 bits per heavy atom. The fourth-order valence-corrected chi connectivity index (χ4v) is 3.01. The first kappa shape index (κ1) is 19.1. The number of anilines is 1. The lowest BCUT2D eigenvalue weighted by Gasteiger charge is -2.09. The molecule has 0 radical (unpaired) electrons. The van der Waals surface area contributed by atoms with E-state index in [9.17, 15) is 19.8 Å². The van der Waals surface area contributed by atoms with Crippen LogP contribution in [0.1, 0.15) is 20.7 Å². The molecule has 1 aliphatic rings. The second kappa shape index (κ2) is 7.64. The van der Waals surface area contributed by atoms with Crippen LogP contribution in [0.3, 0.4) is 0 Å². The fourth-order valence-electron chi connectivity index (χ4n) is 2.84. The van der Waals surface area contributed by atoms with Crippen molar-refractivity contribution in [3.05, 3.63) is 65.9 Å². The minimum atomic E-state index is -0.375. The Balaban J connectivity index is 1.52. The highest BCUT2D eigenvalue weighted by Gasteiger charge is 2.22. The molecule has 1 aromatic heterocycles. The Hall–Kier alpha value is -4.25. The van der Waals surface area contributed by atoms with Gasteiger partial charge >= 0.3 is 5.11 Å². The molecule has 0 spiro atoms. The van der Waals surface area contributed by atoms with Crippen molar-refractivity contribution in [1.82, 2.24) is 4.57 Å². The number of thiocarbonyl (C=S) groups is 1. The van der Waals surface area contributed by atoms with Gasteiger partial charge in [0.25, 0.3) is 5.91 Å². The Morgan fingerprint density at radius 1 is 1.17 bits per heavy atom. The standard InChI is InChI=1S/C19H12N6O4S/c26-10-15-16(27)9-24(18(15)29)13-6-4-12(5-7-13)20-17(28)11-2-1-3-14(8-11)25-19(30)21-22-23-25/h1-10H,(H2-,20,26,27,28,29)/p+1. The molecule has 30 heavy (non-hydrogen) atoms. The number of carbonyl (C=O) groups excluding carboxylic acids is 2. The second-order valence-electron chi connectivity index (χ2n) is 6.16. The van der Waals surface area contributed by atoms with Crippen molar-refractivity contribution < 1.29 is 24.5 Å². The van der Waals surface area contributed by atoms with Crippen LogP contribution in [0.2, 0.25) is 0 Å². The molecule has 0 saturated heterocycles. The van der Waals surface area contributed by atoms with Gasteiger partial charge in [-0.05, 0) is 42.5 Å². The van der Waals surface area contributed by atoms with E-state index in [1.54, 1.807) is 48.5 Å². The van der Waals surface area contributed by atoms with Gasteiger partial charge in [-0.15, -0.1) is 0 Å². The molecule has 2 aromatic carbocycles. The van der Waals surface area contributed by atoms with Gasteiger partial charge in [0.1, 0.15) is 27.3 Å². The van der Waals surface area contributed by atoms with Crippen LogP contribution in [-0.4, -0.2) is 36.8 Å². The van der Waals surface area contributed by atoms with Crippen LogP contribution in [0.25, 0.3) is 5.69 Å². The molecule has 148 valence electrons. The van der Waals surface area contributed by atoms with E-state index in [1.807, 2.05) is 0 Å². The summed E-state index contributed by atoms with van der Waals surface area (Å²) in [5, 5.41) is 33.6. The fraction of sp³-hybridized carbons (Fsp3) is 0. The number of nitrogens with zero attached hydrogens (tertiary/aromatic N) is 5. The maximum absolute atomic E-state index is 12.6. The van der Waals surface area contributed by atoms with E-state index in [-0.39, 0.29) is 28.2 Å². The third-order valence-electron chi connectivity index (χ3n) is 4.31. The van der Waals surface area contributed by atoms with E-state index in [1.165, 1.54) is 15.5 Å². The highest BCUT2D eigenvalue weighted by Crippen LogP contribution is 2.31. The average Bonchev–Trinajstić information content (AvgIpc) is 3.31. The van der Waals surface area contributed by atoms with Crippen molar-refractivity contribution in [3.63, 3.8) is 0 Å². The maximum atomic E-state index is 12.6. The quantitative estimate of drug-likeness (QED) is 0.328. The highest BCUT2D eigenvalue weighted by atomic mass is 32.1. The summed E-state index contributed by atoms with van der Waals surface area (Å²) in [6, 6.07) is 13.1. The van der Waals surface area contributed by atoms with E-state index in [0.29, 0.717) is 28.9 Å². The molecular formula is C19H13N6O4S+. The van der Waals surface area contributed by atoms with E-state index >= 15 is 0 Å². The number of carbonyl (C=O) groups is 2. The summed E-state index contributed by atoms with van der Waals surface area (Å²) in [5.74, 6) is -1.06. The first-order valence-corrected chi connectivity index (χ1v) is 8.95. The van der Waals surface area contributed by atoms with Crippen molar-refractivity contribution in [1.29, 1.82) is 0 Å². The molecule has 3 N–H and O–H groups in total. The van der Waals surface area contributed by atoms with Crippen LogP contribution in [0.15, 0.2) is 70.3 Å². The molecule has 0 fully saturated rings. The molecular weight excluding hydrogens is 408 g/mol. The van der Waals surface area contributed by atoms with Crippen molar-refractivity contribution in [3.8, 4) is 17.3 Å². The smallest absolute Gasteiger partial charge is 0.399 e. The number of nitrogens with one attached hydrogen (secondary N) is 1. The predicted molar refractivity (Wildman–Crippen MR) is 109 cm³/mol. The summed E-state index contributed by atoms with van der Waals surface area (Å²) >= 11 is 5.03. The summed E-state index contributed by atoms with van der Waals surface area (Å²) in [7, 11) is 0. The summed E-state index contributed by atoms with van der Waals surface area (Å²) in [6.07, 6.45) is 1.60. The normalized spacial score (nSPS) is 12.7. The average molecular weight is 421 g/mol. The molecule has 0 atom stereocenters. The van der Waals surface area contributed by atoms with Crippen molar-refractivity contribution in [2.75, 3.05) is 5.32 Å². The van der Waals surface area contributed by atoms with Gasteiger partial charge in [-0.3, -0.25) is 14.2 Å². The zero-order valence-electron chi connectivity index (χ0n) is 15.1. The third-order valence-corrected chi connectivity index (χ3v) is 4.57. The summed E-state index contributed by atoms with van der Waals surface area (Å²) in [4.78, 5) is 23.5. The van der Waals surface area contributed by atoms with Crippen LogP contribution in [0.4, 0.5) is 11.4 Å². The molecule has 2 heterocycles. The third kappa shape index (κ3) is 3.44. The number of aromatic nitrogens is 1. The Labute approximate surface area is 174 Å². The number of aldehydes is 1. The van der Waals surface area contributed by atoms with E-state index in [2.05, 4.69) is 20.9 Å². The Morgan fingerprint density at radius 3 is 2.57 bits per heavy atom. The first-order chi connectivity index (χ1) is 14.5. The molecule has 0 bridgehead atoms. The minimum absolute atomic E-state index is 0.181. The van der Waals surface area contributed by atoms with E-state index in [4.69, 9.17) is 12.2 Å². The monoisotopic (exact) mass is 421 g/mol. The summed E-state index contributed by atoms with van der Waals surface area (Å²) in [6.45, 7) is 0. The molecule has 10 nitrogen and oxygen atoms in total. The summed E-state index contributed by atoms with van der Waals surface area (Å²) in [5.41, 5.74) is 1.74. The van der Waals surface area contributed by atoms with Gasteiger partial charge in [0.05, 0.1) is 6.20 Å². The lowest BCUT2D eigenvalue weighted by atomic mass is 10.1. The Bertz CT molecular complexity index is 1250. The van der Waals surface area contributed by atoms with Gasteiger partial charge in [-0.2, -0.15) is 0 Å². The van der Waals surface area contributed by atoms with Crippen molar-refractivity contribution in [2.45, 2.75) is 0 Å². The van der Waals surface area contributed by atoms with Crippen LogP contribution in [0, 0.1) is 0 Å². The van der Waals surface area contributed by atoms with Crippen molar-refractivity contribution in [2.24, 2.45) is 15.6 Å². The van der Waals surface area contributed by atoms with Gasteiger partial charge in [-0.25, -0.2) is 0 Å². The summed E-state index contributed by atoms with van der Waals surface area (Å²) < 4.78 is 2.60. The molecule has 11 heteroatoms. The second-order valence-corrected chi connectivity index (χ2v) is 6.53. The van der Waals surface area contributed by atoms with Crippen LogP contribution in [-0.2, 0) is 0 Å². The lowest BCUT2D eigenvalue weighted by molar-refractivity contribution is -0.382. The van der Waals surface area contributed by atoms with Gasteiger partial charge < -0.3 is 15.5 Å². The molecule has 0 unspecified atom stereocenters. The van der Waals surface area contributed by atoms with Crippen molar-refractivity contribution >= 4 is 40.9 Å². The molecule has 0 saturated carbocycles. The number of rotatable bonds is 5. The molecule has 3 aromatic rings. The lowest BCUT2D eigenvalue weighted by Crippen LogP contribution is -2.13. The minimum Gasteiger partial charge on any atom is -0.505 e. The predicted octanol–water partition coefficient (Wildman–Crippen LogP) is 3.72. The molecule has 4 rings (SSSR count). The van der Waals surface area contributed by atoms with Crippen LogP contribution in [0.5, 0.6) is 11.6 Å². The largest absolute Gasteiger partial charge is 0.505 e. The Kier molecular flexibility index (Phi) is 4.86. The van der Waals surface area contributed by atoms with Gasteiger partial charge in [-0.1, -0.05) is 10.8 Å².